The topological polar surface area (TPSA) is 55.6 Å². The molecule has 0 spiro atoms. The van der Waals surface area contributed by atoms with Gasteiger partial charge in [-0.15, -0.1) is 11.3 Å². The number of ether oxygens (including phenoxy) is 1. The summed E-state index contributed by atoms with van der Waals surface area (Å²) in [5, 5.41) is 1.98. The van der Waals surface area contributed by atoms with Crippen molar-refractivity contribution in [2.24, 2.45) is 5.73 Å². The Labute approximate surface area is 112 Å². The van der Waals surface area contributed by atoms with Crippen molar-refractivity contribution in [1.82, 2.24) is 4.90 Å². The van der Waals surface area contributed by atoms with Crippen LogP contribution in [0.4, 0.5) is 0 Å². The summed E-state index contributed by atoms with van der Waals surface area (Å²) >= 11 is 1.52. The molecule has 2 N–H and O–H groups in total. The molecule has 1 amide bonds. The van der Waals surface area contributed by atoms with Crippen molar-refractivity contribution < 1.29 is 9.53 Å². The second-order valence-corrected chi connectivity index (χ2v) is 5.56. The zero-order valence-corrected chi connectivity index (χ0v) is 11.7. The fourth-order valence-electron chi connectivity index (χ4n) is 2.12. The van der Waals surface area contributed by atoms with Crippen LogP contribution in [0.3, 0.4) is 0 Å². The third-order valence-electron chi connectivity index (χ3n) is 3.29. The maximum absolute atomic E-state index is 12.4. The molecule has 4 nitrogen and oxygen atoms in total. The fourth-order valence-corrected chi connectivity index (χ4v) is 3.09. The molecule has 1 aliphatic rings. The van der Waals surface area contributed by atoms with Crippen LogP contribution in [0, 0.1) is 0 Å². The first-order valence-electron chi connectivity index (χ1n) is 6.36. The molecule has 0 aromatic carbocycles. The number of hydrogen-bond acceptors (Lipinski definition) is 4. The largest absolute Gasteiger partial charge is 0.373 e. The van der Waals surface area contributed by atoms with Crippen LogP contribution in [0.5, 0.6) is 0 Å². The van der Waals surface area contributed by atoms with E-state index in [9.17, 15) is 4.79 Å². The van der Waals surface area contributed by atoms with Crippen LogP contribution in [-0.4, -0.2) is 42.6 Å². The van der Waals surface area contributed by atoms with Gasteiger partial charge in [0.25, 0.3) is 5.91 Å². The zero-order chi connectivity index (χ0) is 13.1. The highest BCUT2D eigenvalue weighted by Gasteiger charge is 2.28. The van der Waals surface area contributed by atoms with Gasteiger partial charge in [-0.25, -0.2) is 0 Å². The Hall–Kier alpha value is -0.910. The quantitative estimate of drug-likeness (QED) is 0.904. The van der Waals surface area contributed by atoms with Crippen LogP contribution < -0.4 is 5.73 Å². The van der Waals surface area contributed by atoms with Crippen LogP contribution in [0.15, 0.2) is 11.4 Å². The van der Waals surface area contributed by atoms with Gasteiger partial charge >= 0.3 is 0 Å². The molecule has 2 unspecified atom stereocenters. The minimum absolute atomic E-state index is 0.0467. The van der Waals surface area contributed by atoms with E-state index in [4.69, 9.17) is 10.5 Å². The Morgan fingerprint density at radius 1 is 1.72 bits per heavy atom. The molecule has 100 valence electrons. The number of thiophene rings is 1. The Kier molecular flexibility index (Phi) is 4.37. The first-order chi connectivity index (χ1) is 8.63. The average molecular weight is 268 g/mol. The lowest BCUT2D eigenvalue weighted by atomic mass is 10.1. The van der Waals surface area contributed by atoms with Crippen molar-refractivity contribution in [2.75, 3.05) is 19.7 Å². The molecule has 5 heteroatoms. The van der Waals surface area contributed by atoms with Gasteiger partial charge in [-0.2, -0.15) is 0 Å². The Morgan fingerprint density at radius 3 is 3.17 bits per heavy atom. The molecule has 1 aromatic rings. The lowest BCUT2D eigenvalue weighted by molar-refractivity contribution is -0.0298. The van der Waals surface area contributed by atoms with Gasteiger partial charge < -0.3 is 15.4 Å². The first-order valence-corrected chi connectivity index (χ1v) is 7.24. The number of nitrogens with zero attached hydrogens (tertiary/aromatic N) is 1. The number of hydrogen-bond donors (Lipinski definition) is 1. The molecule has 1 aliphatic heterocycles. The van der Waals surface area contributed by atoms with Gasteiger partial charge in [0.2, 0.25) is 0 Å². The fraction of sp³-hybridized carbons (Fsp3) is 0.615. The number of aryl methyl sites for hydroxylation is 1. The van der Waals surface area contributed by atoms with Crippen molar-refractivity contribution in [3.63, 3.8) is 0 Å². The standard InChI is InChI=1S/C13H20N2O2S/c1-3-10-4-7-18-12(10)13(16)15-5-6-17-11(8-15)9(2)14/h4,7,9,11H,3,5-6,8,14H2,1-2H3. The highest BCUT2D eigenvalue weighted by Crippen LogP contribution is 2.21. The molecule has 18 heavy (non-hydrogen) atoms. The van der Waals surface area contributed by atoms with E-state index in [-0.39, 0.29) is 18.1 Å². The number of morpholine rings is 1. The SMILES string of the molecule is CCc1ccsc1C(=O)N1CCOC(C(C)N)C1. The summed E-state index contributed by atoms with van der Waals surface area (Å²) in [5.41, 5.74) is 6.98. The van der Waals surface area contributed by atoms with E-state index in [1.807, 2.05) is 23.3 Å². The van der Waals surface area contributed by atoms with Crippen molar-refractivity contribution in [1.29, 1.82) is 0 Å². The number of carbonyl (C=O) groups excluding carboxylic acids is 1. The number of amides is 1. The van der Waals surface area contributed by atoms with Gasteiger partial charge in [0.05, 0.1) is 17.6 Å². The smallest absolute Gasteiger partial charge is 0.264 e. The molecular formula is C13H20N2O2S. The molecule has 1 saturated heterocycles. The van der Waals surface area contributed by atoms with Crippen LogP contribution >= 0.6 is 11.3 Å². The van der Waals surface area contributed by atoms with Crippen LogP contribution in [0.25, 0.3) is 0 Å². The van der Waals surface area contributed by atoms with Gasteiger partial charge in [-0.05, 0) is 30.4 Å². The summed E-state index contributed by atoms with van der Waals surface area (Å²) in [6, 6.07) is 1.98. The van der Waals surface area contributed by atoms with Crippen LogP contribution in [-0.2, 0) is 11.2 Å². The Morgan fingerprint density at radius 2 is 2.50 bits per heavy atom. The number of rotatable bonds is 3. The second-order valence-electron chi connectivity index (χ2n) is 4.65. The molecule has 0 radical (unpaired) electrons. The van der Waals surface area contributed by atoms with E-state index in [1.54, 1.807) is 0 Å². The lowest BCUT2D eigenvalue weighted by Crippen LogP contribution is -2.51. The third-order valence-corrected chi connectivity index (χ3v) is 4.23. The predicted octanol–water partition coefficient (Wildman–Crippen LogP) is 1.50. The van der Waals surface area contributed by atoms with E-state index in [0.29, 0.717) is 19.7 Å². The van der Waals surface area contributed by atoms with E-state index in [2.05, 4.69) is 6.92 Å². The average Bonchev–Trinajstić information content (AvgIpc) is 2.86. The molecule has 1 fully saturated rings. The molecule has 0 aliphatic carbocycles. The van der Waals surface area contributed by atoms with E-state index >= 15 is 0 Å². The summed E-state index contributed by atoms with van der Waals surface area (Å²) in [4.78, 5) is 15.2. The molecule has 0 saturated carbocycles. The van der Waals surface area contributed by atoms with Gasteiger partial charge in [0.15, 0.2) is 0 Å². The summed E-state index contributed by atoms with van der Waals surface area (Å²) in [6.07, 6.45) is 0.846. The number of nitrogens with two attached hydrogens (primary N) is 1. The summed E-state index contributed by atoms with van der Waals surface area (Å²) in [7, 11) is 0. The maximum atomic E-state index is 12.4. The lowest BCUT2D eigenvalue weighted by Gasteiger charge is -2.34. The highest BCUT2D eigenvalue weighted by atomic mass is 32.1. The molecule has 2 heterocycles. The van der Waals surface area contributed by atoms with E-state index < -0.39 is 0 Å². The normalized spacial score (nSPS) is 21.9. The maximum Gasteiger partial charge on any atom is 0.264 e. The first kappa shape index (κ1) is 13.5. The van der Waals surface area contributed by atoms with Crippen molar-refractivity contribution in [3.05, 3.63) is 21.9 Å². The molecule has 0 bridgehead atoms. The van der Waals surface area contributed by atoms with E-state index in [1.165, 1.54) is 11.3 Å². The summed E-state index contributed by atoms with van der Waals surface area (Å²) in [5.74, 6) is 0.121. The predicted molar refractivity (Wildman–Crippen MR) is 73.0 cm³/mol. The molecule has 1 aromatic heterocycles. The van der Waals surface area contributed by atoms with Crippen molar-refractivity contribution in [2.45, 2.75) is 32.4 Å². The van der Waals surface area contributed by atoms with Crippen LogP contribution in [0.2, 0.25) is 0 Å². The summed E-state index contributed by atoms with van der Waals surface area (Å²) < 4.78 is 5.58. The highest BCUT2D eigenvalue weighted by molar-refractivity contribution is 7.12. The molecule has 2 rings (SSSR count). The molecular weight excluding hydrogens is 248 g/mol. The van der Waals surface area contributed by atoms with Crippen molar-refractivity contribution >= 4 is 17.2 Å². The second kappa shape index (κ2) is 5.82. The van der Waals surface area contributed by atoms with Gasteiger partial charge in [0.1, 0.15) is 0 Å². The monoisotopic (exact) mass is 268 g/mol. The minimum atomic E-state index is -0.0484. The Bertz CT molecular complexity index is 417. The number of carbonyl (C=O) groups is 1. The van der Waals surface area contributed by atoms with Crippen molar-refractivity contribution in [3.8, 4) is 0 Å². The van der Waals surface area contributed by atoms with Crippen LogP contribution in [0.1, 0.15) is 29.1 Å². The van der Waals surface area contributed by atoms with E-state index in [0.717, 1.165) is 16.9 Å². The summed E-state index contributed by atoms with van der Waals surface area (Å²) in [6.45, 7) is 5.82. The minimum Gasteiger partial charge on any atom is -0.373 e. The Balaban J connectivity index is 2.09. The zero-order valence-electron chi connectivity index (χ0n) is 10.9. The molecule has 2 atom stereocenters. The van der Waals surface area contributed by atoms with Gasteiger partial charge in [0, 0.05) is 19.1 Å². The van der Waals surface area contributed by atoms with Gasteiger partial charge in [-0.1, -0.05) is 6.92 Å². The van der Waals surface area contributed by atoms with Gasteiger partial charge in [-0.3, -0.25) is 4.79 Å². The third kappa shape index (κ3) is 2.74.